The third-order valence-electron chi connectivity index (χ3n) is 5.99. The third-order valence-corrected chi connectivity index (χ3v) is 7.68. The summed E-state index contributed by atoms with van der Waals surface area (Å²) < 4.78 is 2.29. The van der Waals surface area contributed by atoms with E-state index in [9.17, 15) is 14.4 Å². The molecular weight excluding hydrogens is 492 g/mol. The predicted octanol–water partition coefficient (Wildman–Crippen LogP) is 4.49. The Bertz CT molecular complexity index is 1270. The molecule has 32 heavy (non-hydrogen) atoms. The lowest BCUT2D eigenvalue weighted by molar-refractivity contribution is -0.135. The van der Waals surface area contributed by atoms with Crippen LogP contribution in [0.5, 0.6) is 0 Å². The number of hydrogen-bond acceptors (Lipinski definition) is 5. The molecule has 0 saturated carbocycles. The molecule has 1 saturated heterocycles. The molecule has 1 aliphatic heterocycles. The van der Waals surface area contributed by atoms with Gasteiger partial charge in [0.15, 0.2) is 0 Å². The zero-order valence-electron chi connectivity index (χ0n) is 18.3. The zero-order chi connectivity index (χ0) is 23.0. The number of anilines is 1. The molecule has 4 rings (SSSR count). The van der Waals surface area contributed by atoms with E-state index in [1.165, 1.54) is 22.2 Å². The van der Waals surface area contributed by atoms with E-state index in [4.69, 9.17) is 0 Å². The first kappa shape index (κ1) is 22.7. The van der Waals surface area contributed by atoms with Crippen molar-refractivity contribution in [2.45, 2.75) is 52.6 Å². The number of halogens is 1. The second-order valence-electron chi connectivity index (χ2n) is 8.26. The highest BCUT2D eigenvalue weighted by atomic mass is 79.9. The first-order valence-corrected chi connectivity index (χ1v) is 12.2. The third kappa shape index (κ3) is 4.36. The van der Waals surface area contributed by atoms with Gasteiger partial charge in [-0.2, -0.15) is 0 Å². The van der Waals surface area contributed by atoms with Crippen LogP contribution in [0.1, 0.15) is 47.0 Å². The van der Waals surface area contributed by atoms with E-state index in [0.29, 0.717) is 26.3 Å². The number of hydrogen-bond donors (Lipinski definition) is 1. The Kier molecular flexibility index (Phi) is 6.48. The molecule has 0 aliphatic carbocycles. The van der Waals surface area contributed by atoms with Crippen molar-refractivity contribution >= 4 is 55.0 Å². The summed E-state index contributed by atoms with van der Waals surface area (Å²) in [6.07, 6.45) is 4.50. The van der Waals surface area contributed by atoms with Crippen molar-refractivity contribution in [1.82, 2.24) is 14.5 Å². The number of benzene rings is 1. The van der Waals surface area contributed by atoms with Crippen LogP contribution >= 0.6 is 27.3 Å². The summed E-state index contributed by atoms with van der Waals surface area (Å²) in [6, 6.07) is 5.80. The lowest BCUT2D eigenvalue weighted by Gasteiger charge is -2.33. The van der Waals surface area contributed by atoms with E-state index >= 15 is 0 Å². The number of fused-ring (bicyclic) bond motifs is 1. The molecule has 3 aromatic rings. The fourth-order valence-electron chi connectivity index (χ4n) is 4.14. The van der Waals surface area contributed by atoms with Crippen LogP contribution in [-0.2, 0) is 11.3 Å². The molecule has 3 heterocycles. The minimum Gasteiger partial charge on any atom is -0.338 e. The standard InChI is InChI=1S/C23H25BrN4O3S/c1-13-10-16(24)7-8-17(13)26-21(30)20-15(3)19-22(32-20)25-12-27(23(19)31)11-18(29)28-9-5-4-6-14(28)2/h7-8,10,12,14H,4-6,9,11H2,1-3H3,(H,26,30)/t14-/m1/s1. The van der Waals surface area contributed by atoms with Crippen LogP contribution < -0.4 is 10.9 Å². The van der Waals surface area contributed by atoms with E-state index in [1.54, 1.807) is 6.92 Å². The lowest BCUT2D eigenvalue weighted by Crippen LogP contribution is -2.44. The molecule has 0 bridgehead atoms. The molecule has 2 aromatic heterocycles. The van der Waals surface area contributed by atoms with E-state index in [0.717, 1.165) is 35.8 Å². The first-order valence-electron chi connectivity index (χ1n) is 10.6. The van der Waals surface area contributed by atoms with Crippen LogP contribution in [0.3, 0.4) is 0 Å². The monoisotopic (exact) mass is 516 g/mol. The Labute approximate surface area is 198 Å². The Morgan fingerprint density at radius 1 is 1.28 bits per heavy atom. The van der Waals surface area contributed by atoms with E-state index in [1.807, 2.05) is 36.9 Å². The second kappa shape index (κ2) is 9.15. The van der Waals surface area contributed by atoms with Crippen LogP contribution in [-0.4, -0.2) is 38.9 Å². The Morgan fingerprint density at radius 3 is 2.78 bits per heavy atom. The molecule has 1 aliphatic rings. The smallest absolute Gasteiger partial charge is 0.266 e. The summed E-state index contributed by atoms with van der Waals surface area (Å²) in [5.74, 6) is -0.350. The first-order chi connectivity index (χ1) is 15.3. The van der Waals surface area contributed by atoms with E-state index in [2.05, 4.69) is 26.2 Å². The fourth-order valence-corrected chi connectivity index (χ4v) is 5.65. The number of carbonyl (C=O) groups excluding carboxylic acids is 2. The van der Waals surface area contributed by atoms with Gasteiger partial charge in [0.2, 0.25) is 5.91 Å². The van der Waals surface area contributed by atoms with Crippen molar-refractivity contribution in [3.05, 3.63) is 55.4 Å². The van der Waals surface area contributed by atoms with Gasteiger partial charge in [0.25, 0.3) is 11.5 Å². The Balaban J connectivity index is 1.61. The molecule has 0 radical (unpaired) electrons. The van der Waals surface area contributed by atoms with Gasteiger partial charge in [-0.1, -0.05) is 15.9 Å². The van der Waals surface area contributed by atoms with Crippen molar-refractivity contribution in [3.63, 3.8) is 0 Å². The van der Waals surface area contributed by atoms with Gasteiger partial charge in [-0.15, -0.1) is 11.3 Å². The van der Waals surface area contributed by atoms with E-state index < -0.39 is 0 Å². The largest absolute Gasteiger partial charge is 0.338 e. The molecule has 168 valence electrons. The quantitative estimate of drug-likeness (QED) is 0.553. The van der Waals surface area contributed by atoms with Crippen molar-refractivity contribution in [3.8, 4) is 0 Å². The molecule has 0 unspecified atom stereocenters. The lowest BCUT2D eigenvalue weighted by atomic mass is 10.0. The topological polar surface area (TPSA) is 84.3 Å². The number of rotatable bonds is 4. The van der Waals surface area contributed by atoms with Crippen molar-refractivity contribution < 1.29 is 9.59 Å². The minimum atomic E-state index is -0.291. The number of nitrogens with one attached hydrogen (secondary N) is 1. The number of thiophene rings is 1. The zero-order valence-corrected chi connectivity index (χ0v) is 20.7. The predicted molar refractivity (Wildman–Crippen MR) is 130 cm³/mol. The van der Waals surface area contributed by atoms with Gasteiger partial charge in [-0.05, 0) is 69.4 Å². The maximum absolute atomic E-state index is 13.2. The molecule has 7 nitrogen and oxygen atoms in total. The molecule has 0 spiro atoms. The number of carbonyl (C=O) groups is 2. The number of aryl methyl sites for hydroxylation is 2. The van der Waals surface area contributed by atoms with Gasteiger partial charge in [0.1, 0.15) is 11.4 Å². The highest BCUT2D eigenvalue weighted by molar-refractivity contribution is 9.10. The van der Waals surface area contributed by atoms with Gasteiger partial charge in [-0.3, -0.25) is 19.0 Å². The fraction of sp³-hybridized carbons (Fsp3) is 0.391. The summed E-state index contributed by atoms with van der Waals surface area (Å²) in [4.78, 5) is 46.1. The molecule has 2 amide bonds. The number of amides is 2. The van der Waals surface area contributed by atoms with Crippen LogP contribution in [0.25, 0.3) is 10.2 Å². The Morgan fingerprint density at radius 2 is 2.06 bits per heavy atom. The van der Waals surface area contributed by atoms with Crippen LogP contribution in [0.2, 0.25) is 0 Å². The van der Waals surface area contributed by atoms with Crippen molar-refractivity contribution in [2.24, 2.45) is 0 Å². The molecule has 1 aromatic carbocycles. The highest BCUT2D eigenvalue weighted by Crippen LogP contribution is 2.28. The molecular formula is C23H25BrN4O3S. The minimum absolute atomic E-state index is 0.0407. The van der Waals surface area contributed by atoms with Crippen LogP contribution in [0, 0.1) is 13.8 Å². The van der Waals surface area contributed by atoms with Gasteiger partial charge in [-0.25, -0.2) is 4.98 Å². The molecule has 1 atom stereocenters. The van der Waals surface area contributed by atoms with Crippen LogP contribution in [0.4, 0.5) is 5.69 Å². The average molecular weight is 517 g/mol. The van der Waals surface area contributed by atoms with Crippen molar-refractivity contribution in [1.29, 1.82) is 0 Å². The molecule has 1 fully saturated rings. The SMILES string of the molecule is Cc1cc(Br)ccc1NC(=O)c1sc2ncn(CC(=O)N3CCCC[C@H]3C)c(=O)c2c1C. The van der Waals surface area contributed by atoms with Gasteiger partial charge in [0.05, 0.1) is 16.6 Å². The summed E-state index contributed by atoms with van der Waals surface area (Å²) in [5.41, 5.74) is 1.93. The van der Waals surface area contributed by atoms with Crippen LogP contribution in [0.15, 0.2) is 33.8 Å². The highest BCUT2D eigenvalue weighted by Gasteiger charge is 2.25. The second-order valence-corrected chi connectivity index (χ2v) is 10.2. The molecule has 1 N–H and O–H groups in total. The molecule has 9 heteroatoms. The van der Waals surface area contributed by atoms with E-state index in [-0.39, 0.29) is 30.0 Å². The maximum atomic E-state index is 13.2. The summed E-state index contributed by atoms with van der Waals surface area (Å²) in [5, 5.41) is 3.32. The summed E-state index contributed by atoms with van der Waals surface area (Å²) >= 11 is 4.61. The number of nitrogens with zero attached hydrogens (tertiary/aromatic N) is 3. The van der Waals surface area contributed by atoms with Gasteiger partial charge >= 0.3 is 0 Å². The maximum Gasteiger partial charge on any atom is 0.266 e. The number of likely N-dealkylation sites (tertiary alicyclic amines) is 1. The average Bonchev–Trinajstić information content (AvgIpc) is 3.09. The number of piperidine rings is 1. The number of aromatic nitrogens is 2. The van der Waals surface area contributed by atoms with Gasteiger partial charge in [0, 0.05) is 22.7 Å². The Hall–Kier alpha value is -2.52. The normalized spacial score (nSPS) is 16.4. The summed E-state index contributed by atoms with van der Waals surface area (Å²) in [7, 11) is 0. The van der Waals surface area contributed by atoms with Crippen molar-refractivity contribution in [2.75, 3.05) is 11.9 Å². The summed E-state index contributed by atoms with van der Waals surface area (Å²) in [6.45, 7) is 6.40. The van der Waals surface area contributed by atoms with Gasteiger partial charge < -0.3 is 10.2 Å².